The number of ether oxygens (including phenoxy) is 1. The second-order valence-electron chi connectivity index (χ2n) is 10.1. The standard InChI is InChI=1S/C35H34N2O4S2/c1-2-41-35(40)31-28-19-10-5-11-20-29(28)43-34(31)37-33(39)32(25-15-8-4-9-16-25)42-27-18-12-17-26(23-27)36-30(38)22-21-24-13-6-3-7-14-24/h3-4,6-9,12-18,21-23,32H,2,5,10-11,19-20H2,1H3,(H,36,38)(H,37,39)/b22-21+. The number of thioether (sulfide) groups is 1. The van der Waals surface area contributed by atoms with Gasteiger partial charge in [0.2, 0.25) is 11.8 Å². The number of carbonyl (C=O) groups is 3. The number of aryl methyl sites for hydroxylation is 1. The van der Waals surface area contributed by atoms with E-state index in [4.69, 9.17) is 4.74 Å². The Bertz CT molecular complexity index is 1600. The summed E-state index contributed by atoms with van der Waals surface area (Å²) < 4.78 is 5.42. The molecule has 8 heteroatoms. The summed E-state index contributed by atoms with van der Waals surface area (Å²) in [6.07, 6.45) is 8.18. The number of anilines is 2. The predicted molar refractivity (Wildman–Crippen MR) is 176 cm³/mol. The summed E-state index contributed by atoms with van der Waals surface area (Å²) in [4.78, 5) is 41.6. The quantitative estimate of drug-likeness (QED) is 0.0816. The van der Waals surface area contributed by atoms with Crippen molar-refractivity contribution in [3.8, 4) is 0 Å². The highest BCUT2D eigenvalue weighted by molar-refractivity contribution is 8.00. The molecule has 0 aliphatic heterocycles. The van der Waals surface area contributed by atoms with Gasteiger partial charge in [-0.25, -0.2) is 4.79 Å². The number of nitrogens with one attached hydrogen (secondary N) is 2. The molecule has 1 aliphatic carbocycles. The predicted octanol–water partition coefficient (Wildman–Crippen LogP) is 8.32. The molecule has 2 N–H and O–H groups in total. The Morgan fingerprint density at radius 2 is 1.65 bits per heavy atom. The third-order valence-corrected chi connectivity index (χ3v) is 9.52. The van der Waals surface area contributed by atoms with E-state index in [1.165, 1.54) is 29.2 Å². The molecule has 0 bridgehead atoms. The van der Waals surface area contributed by atoms with Crippen molar-refractivity contribution in [1.29, 1.82) is 0 Å². The van der Waals surface area contributed by atoms with E-state index < -0.39 is 5.25 Å². The summed E-state index contributed by atoms with van der Waals surface area (Å²) in [5.41, 5.74) is 3.92. The zero-order valence-electron chi connectivity index (χ0n) is 24.0. The normalized spacial score (nSPS) is 13.5. The lowest BCUT2D eigenvalue weighted by molar-refractivity contribution is -0.116. The molecule has 5 rings (SSSR count). The summed E-state index contributed by atoms with van der Waals surface area (Å²) in [5.74, 6) is -0.850. The van der Waals surface area contributed by atoms with E-state index in [0.29, 0.717) is 16.3 Å². The Morgan fingerprint density at radius 3 is 2.42 bits per heavy atom. The lowest BCUT2D eigenvalue weighted by Gasteiger charge is -2.18. The van der Waals surface area contributed by atoms with Gasteiger partial charge in [0, 0.05) is 21.5 Å². The number of benzene rings is 3. The number of amides is 2. The van der Waals surface area contributed by atoms with E-state index in [0.717, 1.165) is 58.6 Å². The van der Waals surface area contributed by atoms with Crippen molar-refractivity contribution < 1.29 is 19.1 Å². The Morgan fingerprint density at radius 1 is 0.907 bits per heavy atom. The number of fused-ring (bicyclic) bond motifs is 1. The van der Waals surface area contributed by atoms with Crippen molar-refractivity contribution in [2.24, 2.45) is 0 Å². The highest BCUT2D eigenvalue weighted by atomic mass is 32.2. The lowest BCUT2D eigenvalue weighted by Crippen LogP contribution is -2.20. The highest BCUT2D eigenvalue weighted by Crippen LogP contribution is 2.41. The molecule has 43 heavy (non-hydrogen) atoms. The minimum Gasteiger partial charge on any atom is -0.462 e. The molecule has 1 atom stereocenters. The van der Waals surface area contributed by atoms with Crippen LogP contribution in [0.1, 0.15) is 63.4 Å². The van der Waals surface area contributed by atoms with Gasteiger partial charge in [0.15, 0.2) is 0 Å². The van der Waals surface area contributed by atoms with Crippen LogP contribution in [-0.4, -0.2) is 24.4 Å². The van der Waals surface area contributed by atoms with Crippen LogP contribution in [0.15, 0.2) is 95.9 Å². The van der Waals surface area contributed by atoms with Gasteiger partial charge in [-0.1, -0.05) is 73.2 Å². The Kier molecular flexibility index (Phi) is 10.5. The molecular weight excluding hydrogens is 577 g/mol. The van der Waals surface area contributed by atoms with Crippen LogP contribution in [0.3, 0.4) is 0 Å². The first kappa shape index (κ1) is 30.3. The molecule has 0 spiro atoms. The van der Waals surface area contributed by atoms with Crippen LogP contribution in [0.25, 0.3) is 6.08 Å². The molecule has 0 fully saturated rings. The second-order valence-corrected chi connectivity index (χ2v) is 12.4. The van der Waals surface area contributed by atoms with Gasteiger partial charge in [-0.2, -0.15) is 0 Å². The van der Waals surface area contributed by atoms with Gasteiger partial charge >= 0.3 is 5.97 Å². The summed E-state index contributed by atoms with van der Waals surface area (Å²) in [6.45, 7) is 2.06. The molecule has 0 saturated carbocycles. The number of hydrogen-bond acceptors (Lipinski definition) is 6. The van der Waals surface area contributed by atoms with Gasteiger partial charge in [-0.3, -0.25) is 9.59 Å². The first-order valence-electron chi connectivity index (χ1n) is 14.5. The van der Waals surface area contributed by atoms with Crippen molar-refractivity contribution in [2.45, 2.75) is 49.2 Å². The molecule has 0 saturated heterocycles. The number of thiophene rings is 1. The summed E-state index contributed by atoms with van der Waals surface area (Å²) in [7, 11) is 0. The summed E-state index contributed by atoms with van der Waals surface area (Å²) in [5, 5.41) is 5.98. The number of esters is 1. The zero-order chi connectivity index (χ0) is 30.0. The molecule has 1 aromatic heterocycles. The summed E-state index contributed by atoms with van der Waals surface area (Å²) >= 11 is 2.88. The number of rotatable bonds is 10. The van der Waals surface area contributed by atoms with Gasteiger partial charge in [0.1, 0.15) is 10.3 Å². The number of hydrogen-bond donors (Lipinski definition) is 2. The molecule has 2 amide bonds. The van der Waals surface area contributed by atoms with E-state index >= 15 is 0 Å². The molecule has 3 aromatic carbocycles. The van der Waals surface area contributed by atoms with Crippen LogP contribution in [0.2, 0.25) is 0 Å². The van der Waals surface area contributed by atoms with E-state index in [-0.39, 0.29) is 24.4 Å². The molecule has 0 radical (unpaired) electrons. The molecule has 1 heterocycles. The average Bonchev–Trinajstić information content (AvgIpc) is 3.19. The van der Waals surface area contributed by atoms with Crippen molar-refractivity contribution in [2.75, 3.05) is 17.2 Å². The third kappa shape index (κ3) is 8.03. The van der Waals surface area contributed by atoms with Gasteiger partial charge in [-0.15, -0.1) is 23.1 Å². The van der Waals surface area contributed by atoms with Crippen LogP contribution in [0.4, 0.5) is 10.7 Å². The Labute approximate surface area is 260 Å². The highest BCUT2D eigenvalue weighted by Gasteiger charge is 2.29. The minimum atomic E-state index is -0.595. The summed E-state index contributed by atoms with van der Waals surface area (Å²) in [6, 6.07) is 26.7. The molecule has 4 aromatic rings. The fraction of sp³-hybridized carbons (Fsp3) is 0.229. The first-order chi connectivity index (χ1) is 21.0. The van der Waals surface area contributed by atoms with Crippen LogP contribution in [-0.2, 0) is 27.2 Å². The maximum atomic E-state index is 14.0. The van der Waals surface area contributed by atoms with Crippen LogP contribution >= 0.6 is 23.1 Å². The maximum Gasteiger partial charge on any atom is 0.341 e. The van der Waals surface area contributed by atoms with Crippen molar-refractivity contribution in [3.05, 3.63) is 118 Å². The van der Waals surface area contributed by atoms with Crippen molar-refractivity contribution in [3.63, 3.8) is 0 Å². The molecular formula is C35H34N2O4S2. The van der Waals surface area contributed by atoms with E-state index in [1.54, 1.807) is 13.0 Å². The second kappa shape index (κ2) is 14.8. The van der Waals surface area contributed by atoms with Crippen molar-refractivity contribution in [1.82, 2.24) is 0 Å². The van der Waals surface area contributed by atoms with Crippen molar-refractivity contribution >= 4 is 57.6 Å². The Hall–Kier alpha value is -4.14. The SMILES string of the molecule is CCOC(=O)c1c(NC(=O)C(Sc2cccc(NC(=O)/C=C/c3ccccc3)c2)c2ccccc2)sc2c1CCCCC2. The largest absolute Gasteiger partial charge is 0.462 e. The zero-order valence-corrected chi connectivity index (χ0v) is 25.6. The van der Waals surface area contributed by atoms with E-state index in [2.05, 4.69) is 10.6 Å². The smallest absolute Gasteiger partial charge is 0.341 e. The molecule has 1 unspecified atom stereocenters. The molecule has 1 aliphatic rings. The van der Waals surface area contributed by atoms with Gasteiger partial charge in [0.25, 0.3) is 0 Å². The monoisotopic (exact) mass is 610 g/mol. The van der Waals surface area contributed by atoms with E-state index in [1.807, 2.05) is 84.9 Å². The third-order valence-electron chi connectivity index (χ3n) is 7.06. The molecule has 220 valence electrons. The van der Waals surface area contributed by atoms with Gasteiger partial charge in [-0.05, 0) is 73.6 Å². The first-order valence-corrected chi connectivity index (χ1v) is 16.2. The topological polar surface area (TPSA) is 84.5 Å². The average molecular weight is 611 g/mol. The fourth-order valence-corrected chi connectivity index (χ4v) is 7.40. The lowest BCUT2D eigenvalue weighted by atomic mass is 10.1. The Balaban J connectivity index is 1.37. The van der Waals surface area contributed by atoms with Crippen LogP contribution in [0, 0.1) is 0 Å². The van der Waals surface area contributed by atoms with Gasteiger partial charge in [0.05, 0.1) is 12.2 Å². The molecule has 6 nitrogen and oxygen atoms in total. The van der Waals surface area contributed by atoms with E-state index in [9.17, 15) is 14.4 Å². The van der Waals surface area contributed by atoms with Crippen LogP contribution in [0.5, 0.6) is 0 Å². The minimum absolute atomic E-state index is 0.224. The maximum absolute atomic E-state index is 14.0. The van der Waals surface area contributed by atoms with Gasteiger partial charge < -0.3 is 15.4 Å². The van der Waals surface area contributed by atoms with Crippen LogP contribution < -0.4 is 10.6 Å². The fourth-order valence-electron chi connectivity index (χ4n) is 5.03. The number of carbonyl (C=O) groups excluding carboxylic acids is 3.